The van der Waals surface area contributed by atoms with E-state index in [2.05, 4.69) is 30.1 Å². The summed E-state index contributed by atoms with van der Waals surface area (Å²) in [7, 11) is 0. The van der Waals surface area contributed by atoms with Gasteiger partial charge in [0.25, 0.3) is 0 Å². The van der Waals surface area contributed by atoms with Crippen molar-refractivity contribution in [2.75, 3.05) is 44.6 Å². The van der Waals surface area contributed by atoms with Crippen LogP contribution in [0, 0.1) is 17.3 Å². The number of ether oxygens (including phenoxy) is 1. The number of fused-ring (bicyclic) bond motifs is 1. The topological polar surface area (TPSA) is 61.9 Å². The predicted octanol–water partition coefficient (Wildman–Crippen LogP) is 5.18. The van der Waals surface area contributed by atoms with Gasteiger partial charge < -0.3 is 19.9 Å². The molecule has 180 valence electrons. The highest BCUT2D eigenvalue weighted by Crippen LogP contribution is 2.59. The fraction of sp³-hybridized carbons (Fsp3) is 0.630. The Balaban J connectivity index is 1.42. The fourth-order valence-corrected chi connectivity index (χ4v) is 5.68. The zero-order valence-corrected chi connectivity index (χ0v) is 20.4. The van der Waals surface area contributed by atoms with E-state index >= 15 is 0 Å². The van der Waals surface area contributed by atoms with Gasteiger partial charge >= 0.3 is 12.0 Å². The minimum atomic E-state index is -0.343. The number of anilines is 1. The molecule has 1 aliphatic heterocycles. The number of likely N-dealkylation sites (tertiary alicyclic amines) is 1. The Morgan fingerprint density at radius 1 is 1.15 bits per heavy atom. The Bertz CT molecular complexity index is 871. The first kappa shape index (κ1) is 23.8. The monoisotopic (exact) mass is 453 g/mol. The molecule has 3 aliphatic carbocycles. The standard InChI is InChI=1S/C27H39N3O3/c1-4-33-25(31)20-9-12-23(13-10-20)28-26(32)30(17-16-29-14-6-5-7-15-29)19-21-8-11-22-18-24(21)27(22,2)3/h8-10,12-13,22,24H,4-7,11,14-19H2,1-3H3,(H,28,32). The average Bonchev–Trinajstić information content (AvgIpc) is 2.83. The highest BCUT2D eigenvalue weighted by atomic mass is 16.5. The molecule has 5 rings (SSSR count). The molecule has 0 spiro atoms. The van der Waals surface area contributed by atoms with Gasteiger partial charge in [0.15, 0.2) is 0 Å². The smallest absolute Gasteiger partial charge is 0.338 e. The number of esters is 1. The lowest BCUT2D eigenvalue weighted by Gasteiger charge is -2.57. The molecule has 1 heterocycles. The Kier molecular flexibility index (Phi) is 7.42. The molecule has 1 aromatic carbocycles. The number of piperidine rings is 1. The van der Waals surface area contributed by atoms with Crippen LogP contribution in [0.5, 0.6) is 0 Å². The Morgan fingerprint density at radius 3 is 2.52 bits per heavy atom. The van der Waals surface area contributed by atoms with E-state index in [1.54, 1.807) is 31.2 Å². The van der Waals surface area contributed by atoms with Gasteiger partial charge in [-0.2, -0.15) is 0 Å². The summed E-state index contributed by atoms with van der Waals surface area (Å²) < 4.78 is 5.05. The molecule has 2 fully saturated rings. The molecule has 4 aliphatic rings. The molecule has 1 aromatic rings. The minimum Gasteiger partial charge on any atom is -0.462 e. The number of carbonyl (C=O) groups is 2. The third-order valence-electron chi connectivity index (χ3n) is 8.03. The van der Waals surface area contributed by atoms with E-state index in [1.165, 1.54) is 31.3 Å². The van der Waals surface area contributed by atoms with Gasteiger partial charge in [-0.15, -0.1) is 0 Å². The van der Waals surface area contributed by atoms with Crippen LogP contribution in [0.1, 0.15) is 63.2 Å². The SMILES string of the molecule is CCOC(=O)c1ccc(NC(=O)N(CCN2CCCCC2)CC2=CCC3CC2C3(C)C)cc1. The summed E-state index contributed by atoms with van der Waals surface area (Å²) in [6, 6.07) is 6.87. The van der Waals surface area contributed by atoms with Crippen LogP contribution in [0.3, 0.4) is 0 Å². The van der Waals surface area contributed by atoms with Gasteiger partial charge in [-0.1, -0.05) is 31.9 Å². The van der Waals surface area contributed by atoms with Crippen molar-refractivity contribution in [2.45, 2.75) is 52.9 Å². The van der Waals surface area contributed by atoms with Crippen LogP contribution < -0.4 is 5.32 Å². The van der Waals surface area contributed by atoms with E-state index in [1.807, 2.05) is 4.90 Å². The third kappa shape index (κ3) is 5.43. The number of hydrogen-bond acceptors (Lipinski definition) is 4. The maximum absolute atomic E-state index is 13.3. The zero-order chi connectivity index (χ0) is 23.4. The number of urea groups is 1. The quantitative estimate of drug-likeness (QED) is 0.435. The molecule has 2 atom stereocenters. The maximum atomic E-state index is 13.3. The summed E-state index contributed by atoms with van der Waals surface area (Å²) in [6.07, 6.45) is 8.60. The number of amides is 2. The zero-order valence-electron chi connectivity index (χ0n) is 20.4. The molecule has 33 heavy (non-hydrogen) atoms. The number of rotatable bonds is 8. The summed E-state index contributed by atoms with van der Waals surface area (Å²) in [5.74, 6) is 1.04. The fourth-order valence-electron chi connectivity index (χ4n) is 5.68. The molecule has 1 saturated carbocycles. The maximum Gasteiger partial charge on any atom is 0.338 e. The van der Waals surface area contributed by atoms with E-state index < -0.39 is 0 Å². The summed E-state index contributed by atoms with van der Waals surface area (Å²) in [4.78, 5) is 29.7. The van der Waals surface area contributed by atoms with Gasteiger partial charge in [0, 0.05) is 25.3 Å². The molecular formula is C27H39N3O3. The van der Waals surface area contributed by atoms with Gasteiger partial charge in [0.2, 0.25) is 0 Å². The summed E-state index contributed by atoms with van der Waals surface area (Å²) >= 11 is 0. The average molecular weight is 454 g/mol. The number of carbonyl (C=O) groups excluding carboxylic acids is 2. The van der Waals surface area contributed by atoms with Crippen LogP contribution >= 0.6 is 0 Å². The van der Waals surface area contributed by atoms with E-state index in [-0.39, 0.29) is 12.0 Å². The molecule has 2 bridgehead atoms. The van der Waals surface area contributed by atoms with Gasteiger partial charge in [-0.3, -0.25) is 0 Å². The van der Waals surface area contributed by atoms with E-state index in [4.69, 9.17) is 4.74 Å². The number of nitrogens with zero attached hydrogens (tertiary/aromatic N) is 2. The Morgan fingerprint density at radius 2 is 1.88 bits per heavy atom. The van der Waals surface area contributed by atoms with Crippen LogP contribution in [0.25, 0.3) is 0 Å². The largest absolute Gasteiger partial charge is 0.462 e. The molecule has 6 nitrogen and oxygen atoms in total. The third-order valence-corrected chi connectivity index (χ3v) is 8.03. The summed E-state index contributed by atoms with van der Waals surface area (Å²) in [5.41, 5.74) is 2.96. The van der Waals surface area contributed by atoms with Crippen molar-refractivity contribution in [2.24, 2.45) is 17.3 Å². The molecule has 6 heteroatoms. The molecule has 0 aromatic heterocycles. The normalized spacial score (nSPS) is 23.8. The van der Waals surface area contributed by atoms with E-state index in [0.29, 0.717) is 35.7 Å². The van der Waals surface area contributed by atoms with Crippen molar-refractivity contribution in [3.8, 4) is 0 Å². The second kappa shape index (κ2) is 10.3. The van der Waals surface area contributed by atoms with Crippen LogP contribution in [0.4, 0.5) is 10.5 Å². The van der Waals surface area contributed by atoms with Gasteiger partial charge in [-0.05, 0) is 87.2 Å². The van der Waals surface area contributed by atoms with E-state index in [9.17, 15) is 9.59 Å². The molecule has 2 unspecified atom stereocenters. The lowest BCUT2D eigenvalue weighted by Crippen LogP contribution is -2.51. The first-order chi connectivity index (χ1) is 15.9. The van der Waals surface area contributed by atoms with Crippen molar-refractivity contribution in [1.29, 1.82) is 0 Å². The van der Waals surface area contributed by atoms with Crippen LogP contribution in [-0.4, -0.2) is 61.1 Å². The molecule has 1 saturated heterocycles. The number of allylic oxidation sites excluding steroid dienone is 1. The van der Waals surface area contributed by atoms with Crippen molar-refractivity contribution >= 4 is 17.7 Å². The summed E-state index contributed by atoms with van der Waals surface area (Å²) in [6.45, 7) is 11.5. The molecular weight excluding hydrogens is 414 g/mol. The minimum absolute atomic E-state index is 0.0731. The lowest BCUT2D eigenvalue weighted by molar-refractivity contribution is -0.00966. The van der Waals surface area contributed by atoms with Gasteiger partial charge in [-0.25, -0.2) is 9.59 Å². The first-order valence-corrected chi connectivity index (χ1v) is 12.6. The van der Waals surface area contributed by atoms with E-state index in [0.717, 1.165) is 38.5 Å². The number of hydrogen-bond donors (Lipinski definition) is 1. The van der Waals surface area contributed by atoms with Crippen LogP contribution in [-0.2, 0) is 4.74 Å². The van der Waals surface area contributed by atoms with Crippen molar-refractivity contribution in [3.63, 3.8) is 0 Å². The lowest BCUT2D eigenvalue weighted by atomic mass is 9.49. The van der Waals surface area contributed by atoms with Crippen molar-refractivity contribution in [3.05, 3.63) is 41.5 Å². The molecule has 2 amide bonds. The molecule has 1 N–H and O–H groups in total. The number of nitrogens with one attached hydrogen (secondary N) is 1. The molecule has 0 radical (unpaired) electrons. The first-order valence-electron chi connectivity index (χ1n) is 12.6. The Hall–Kier alpha value is -2.34. The number of benzene rings is 1. The summed E-state index contributed by atoms with van der Waals surface area (Å²) in [5, 5.41) is 3.05. The van der Waals surface area contributed by atoms with Crippen molar-refractivity contribution in [1.82, 2.24) is 9.80 Å². The van der Waals surface area contributed by atoms with Gasteiger partial charge in [0.05, 0.1) is 12.2 Å². The van der Waals surface area contributed by atoms with Crippen LogP contribution in [0.2, 0.25) is 0 Å². The highest BCUT2D eigenvalue weighted by molar-refractivity contribution is 5.92. The second-order valence-electron chi connectivity index (χ2n) is 10.4. The Labute approximate surface area is 198 Å². The van der Waals surface area contributed by atoms with Gasteiger partial charge in [0.1, 0.15) is 0 Å². The second-order valence-corrected chi connectivity index (χ2v) is 10.4. The van der Waals surface area contributed by atoms with Crippen molar-refractivity contribution < 1.29 is 14.3 Å². The predicted molar refractivity (Wildman–Crippen MR) is 131 cm³/mol. The van der Waals surface area contributed by atoms with Crippen LogP contribution in [0.15, 0.2) is 35.9 Å². The highest BCUT2D eigenvalue weighted by Gasteiger charge is 2.51.